The molecular formula is C95H121N15O11S2. The Kier molecular flexibility index (Phi) is 31.2. The Bertz CT molecular complexity index is 5500. The van der Waals surface area contributed by atoms with Crippen LogP contribution in [0.5, 0.6) is 0 Å². The van der Waals surface area contributed by atoms with Crippen molar-refractivity contribution in [2.24, 2.45) is 10.2 Å². The summed E-state index contributed by atoms with van der Waals surface area (Å²) in [5.74, 6) is -1.56. The zero-order valence-corrected chi connectivity index (χ0v) is 73.4. The number of fused-ring (bicyclic) bond motifs is 4. The van der Waals surface area contributed by atoms with Crippen LogP contribution in [-0.2, 0) is 50.2 Å². The van der Waals surface area contributed by atoms with Gasteiger partial charge < -0.3 is 60.2 Å². The summed E-state index contributed by atoms with van der Waals surface area (Å²) in [6.07, 6.45) is 16.8. The van der Waals surface area contributed by atoms with Crippen LogP contribution in [0.25, 0.3) is 27.8 Å². The first kappa shape index (κ1) is 92.7. The van der Waals surface area contributed by atoms with E-state index in [0.717, 1.165) is 125 Å². The topological polar surface area (TPSA) is 321 Å². The first-order valence-electron chi connectivity index (χ1n) is 43.1. The molecule has 0 unspecified atom stereocenters. The number of carbonyl (C=O) groups is 5. The fourth-order valence-corrected chi connectivity index (χ4v) is 18.3. The van der Waals surface area contributed by atoms with Crippen molar-refractivity contribution in [1.29, 1.82) is 0 Å². The Morgan fingerprint density at radius 1 is 0.618 bits per heavy atom. The number of anilines is 4. The second-order valence-corrected chi connectivity index (χ2v) is 35.8. The van der Waals surface area contributed by atoms with Crippen LogP contribution in [0, 0.1) is 0 Å². The molecule has 1 aromatic heterocycles. The van der Waals surface area contributed by atoms with E-state index in [1.807, 2.05) is 145 Å². The predicted molar refractivity (Wildman–Crippen MR) is 486 cm³/mol. The summed E-state index contributed by atoms with van der Waals surface area (Å²) in [4.78, 5) is 85.8. The summed E-state index contributed by atoms with van der Waals surface area (Å²) in [7, 11) is -7.44. The number of amides is 5. The molecule has 12 rings (SSSR count). The standard InChI is InChI=1S/C94H117N15O11S2.CH4/c1-10-104-59-61-106(62-60-104)71-41-36-67(37-42-71)89(112)100-94(52-24-17-25-53-94)91(114)99-80(31-23-26-54-95-88(111)35-28-57-103(9)70-43-38-68(39-44-70)101-102-69-40-48-78-83(63-69)109(72-29-18-14-19-30-72)84-64-73(105(11-2)12-3)45-49-79(84)98-78)90(113)97-56-55-96-87(110)34-22-16-27-58-108-82-51-47-75(122(118,119)120)66-77(82)93(7,8)86(108)33-21-15-20-32-85-92(5,6)76-65-74(121(115,116)117)46-50-81(76)107(85)13-4;/h14-15,18-21,29-30,32-33,36-51,63-66,80H,10-13,16-17,22-28,31,34-35,52-62H2,1-9H3,(H5-2,95,96,97,99,100,110,111,112,113,114,115,116,117,118,119,120);1H4/t80-;/m0./s1. The van der Waals surface area contributed by atoms with Crippen LogP contribution in [-0.4, -0.2) is 179 Å². The van der Waals surface area contributed by atoms with Crippen molar-refractivity contribution < 1.29 is 59.1 Å². The molecule has 1 saturated carbocycles. The maximum atomic E-state index is 14.8. The summed E-state index contributed by atoms with van der Waals surface area (Å²) in [6.45, 7) is 25.1. The average molecular weight is 1710 g/mol. The Morgan fingerprint density at radius 3 is 1.92 bits per heavy atom. The second kappa shape index (κ2) is 41.4. The average Bonchev–Trinajstić information content (AvgIpc) is 1.64. The number of nitrogens with one attached hydrogen (secondary N) is 5. The molecule has 1 atom stereocenters. The fourth-order valence-electron chi connectivity index (χ4n) is 17.3. The zero-order valence-electron chi connectivity index (χ0n) is 71.8. The lowest BCUT2D eigenvalue weighted by Gasteiger charge is -2.38. The van der Waals surface area contributed by atoms with Gasteiger partial charge in [-0.15, -0.1) is 4.57 Å². The van der Waals surface area contributed by atoms with Crippen LogP contribution in [0.1, 0.15) is 174 Å². The molecule has 0 radical (unpaired) electrons. The quantitative estimate of drug-likeness (QED) is 0.00599. The van der Waals surface area contributed by atoms with E-state index in [2.05, 4.69) is 122 Å². The lowest BCUT2D eigenvalue weighted by molar-refractivity contribution is -0.538. The van der Waals surface area contributed by atoms with E-state index in [9.17, 15) is 49.9 Å². The van der Waals surface area contributed by atoms with Gasteiger partial charge in [0.25, 0.3) is 5.91 Å². The van der Waals surface area contributed by atoms with Gasteiger partial charge in [0.2, 0.25) is 46.0 Å². The summed E-state index contributed by atoms with van der Waals surface area (Å²) in [6, 6.07) is 45.9. The van der Waals surface area contributed by atoms with Crippen molar-refractivity contribution in [3.05, 3.63) is 204 Å². The van der Waals surface area contributed by atoms with Gasteiger partial charge in [-0.3, -0.25) is 24.0 Å². The number of benzene rings is 7. The van der Waals surface area contributed by atoms with Crippen LogP contribution in [0.15, 0.2) is 208 Å². The van der Waals surface area contributed by atoms with Gasteiger partial charge in [-0.2, -0.15) is 14.8 Å². The van der Waals surface area contributed by atoms with Crippen LogP contribution in [0.2, 0.25) is 0 Å². The van der Waals surface area contributed by atoms with E-state index >= 15 is 0 Å². The second-order valence-electron chi connectivity index (χ2n) is 33.0. The predicted octanol–water partition coefficient (Wildman–Crippen LogP) is 14.3. The summed E-state index contributed by atoms with van der Waals surface area (Å²) >= 11 is 0. The fraction of sp³-hybridized carbons (Fsp3) is 0.432. The van der Waals surface area contributed by atoms with Crippen molar-refractivity contribution in [2.45, 2.75) is 185 Å². The van der Waals surface area contributed by atoms with E-state index in [4.69, 9.17) is 4.98 Å². The Morgan fingerprint density at radius 2 is 1.24 bits per heavy atom. The molecule has 0 spiro atoms. The molecule has 4 aliphatic rings. The number of piperazine rings is 1. The number of azo groups is 1. The highest BCUT2D eigenvalue weighted by atomic mass is 32.2. The Balaban J connectivity index is 0.0000147. The maximum Gasteiger partial charge on any atom is 0.252 e. The highest BCUT2D eigenvalue weighted by Crippen LogP contribution is 2.49. The van der Waals surface area contributed by atoms with Crippen LogP contribution in [0.4, 0.5) is 39.8 Å². The molecule has 123 heavy (non-hydrogen) atoms. The maximum absolute atomic E-state index is 14.8. The summed E-state index contributed by atoms with van der Waals surface area (Å²) in [5.41, 5.74) is 11.7. The highest BCUT2D eigenvalue weighted by Gasteiger charge is 2.46. The molecule has 5 N–H and O–H groups in total. The molecule has 7 aromatic carbocycles. The van der Waals surface area contributed by atoms with Gasteiger partial charge in [0, 0.05) is 173 Å². The van der Waals surface area contributed by atoms with Gasteiger partial charge in [-0.1, -0.05) is 90.3 Å². The third kappa shape index (κ3) is 22.5. The molecule has 8 aromatic rings. The monoisotopic (exact) mass is 1710 g/mol. The summed E-state index contributed by atoms with van der Waals surface area (Å²) in [5, 5.41) is 24.4. The van der Waals surface area contributed by atoms with Gasteiger partial charge in [0.05, 0.1) is 26.6 Å². The van der Waals surface area contributed by atoms with Crippen molar-refractivity contribution in [3.8, 4) is 5.69 Å². The first-order chi connectivity index (χ1) is 58.5. The molecule has 654 valence electrons. The van der Waals surface area contributed by atoms with Gasteiger partial charge >= 0.3 is 0 Å². The third-order valence-corrected chi connectivity index (χ3v) is 26.0. The minimum atomic E-state index is -4.76. The molecule has 0 bridgehead atoms. The number of unbranched alkanes of at least 4 members (excludes halogenated alkanes) is 3. The summed E-state index contributed by atoms with van der Waals surface area (Å²) < 4.78 is 77.2. The highest BCUT2D eigenvalue weighted by molar-refractivity contribution is 7.86. The molecule has 1 saturated heterocycles. The molecular weight excluding hydrogens is 1590 g/mol. The molecule has 26 nitrogen and oxygen atoms in total. The number of nitrogens with zero attached hydrogens (tertiary/aromatic N) is 10. The number of likely N-dealkylation sites (N-methyl/N-ethyl adjacent to an activating group) is 1. The van der Waals surface area contributed by atoms with E-state index in [-0.39, 0.29) is 60.9 Å². The van der Waals surface area contributed by atoms with Gasteiger partial charge in [-0.25, -0.2) is 21.8 Å². The molecule has 3 aliphatic heterocycles. The van der Waals surface area contributed by atoms with Crippen molar-refractivity contribution in [1.82, 2.24) is 36.5 Å². The van der Waals surface area contributed by atoms with Crippen molar-refractivity contribution >= 4 is 117 Å². The zero-order chi connectivity index (χ0) is 86.9. The first-order valence-corrected chi connectivity index (χ1v) is 45.9. The van der Waals surface area contributed by atoms with Gasteiger partial charge in [0.15, 0.2) is 5.71 Å². The lowest BCUT2D eigenvalue weighted by Crippen LogP contribution is -2.62. The van der Waals surface area contributed by atoms with Crippen molar-refractivity contribution in [2.75, 3.05) is 112 Å². The smallest absolute Gasteiger partial charge is 0.252 e. The number of hydrogen-bond donors (Lipinski definition) is 5. The van der Waals surface area contributed by atoms with Crippen LogP contribution < -0.4 is 50.8 Å². The van der Waals surface area contributed by atoms with E-state index in [1.54, 1.807) is 24.3 Å². The van der Waals surface area contributed by atoms with Gasteiger partial charge in [0.1, 0.15) is 49.4 Å². The normalized spacial score (nSPS) is 16.3. The molecule has 1 aliphatic carbocycles. The Hall–Kier alpha value is -11.0. The number of allylic oxidation sites excluding steroid dienone is 6. The Labute approximate surface area is 725 Å². The number of hydrogen-bond acceptors (Lipinski definition) is 19. The van der Waals surface area contributed by atoms with E-state index < -0.39 is 54.5 Å². The van der Waals surface area contributed by atoms with Gasteiger partial charge in [-0.05, 0) is 207 Å². The number of rotatable bonds is 38. The minimum absolute atomic E-state index is 0. The van der Waals surface area contributed by atoms with E-state index in [0.29, 0.717) is 119 Å². The molecule has 4 heterocycles. The van der Waals surface area contributed by atoms with E-state index in [1.165, 1.54) is 24.3 Å². The molecule has 5 amide bonds. The number of aromatic nitrogens is 2. The number of carbonyl (C=O) groups excluding carboxylic acids is 5. The molecule has 2 fully saturated rings. The van der Waals surface area contributed by atoms with Crippen molar-refractivity contribution in [3.63, 3.8) is 0 Å². The SMILES string of the molecule is C.CCN1CCN(c2ccc(C(=O)NC3(C(=O)N[C@@H](CCCCNC(=O)CCCN(C)c4ccc(N=Nc5ccc6nc7ccc(N(CC)CC)cc7[n+](-c7ccccc7)c6c5)cc4)C(=O)NCCNC(=O)CCCCCN4\C(=C/C=C/C=C/C5=[N+](CC)c6ccc(S(=O)(=O)[O-])cc6C5(C)C)C(C)(C)c5cc(S(=O)(=O)[O-])ccc54)CCCCC3)cc2)CC1. The van der Waals surface area contributed by atoms with Crippen LogP contribution in [0.3, 0.4) is 0 Å². The molecule has 28 heteroatoms. The third-order valence-electron chi connectivity index (χ3n) is 24.3. The minimum Gasteiger partial charge on any atom is -0.744 e. The lowest BCUT2D eigenvalue weighted by atomic mass is 9.80. The van der Waals surface area contributed by atoms with Crippen LogP contribution >= 0.6 is 0 Å². The number of para-hydroxylation sites is 1. The largest absolute Gasteiger partial charge is 0.744 e.